The summed E-state index contributed by atoms with van der Waals surface area (Å²) >= 11 is 0. The first-order chi connectivity index (χ1) is 12.8. The van der Waals surface area contributed by atoms with Gasteiger partial charge in [-0.1, -0.05) is 29.8 Å². The Balaban J connectivity index is 1.69. The monoisotopic (exact) mass is 365 g/mol. The summed E-state index contributed by atoms with van der Waals surface area (Å²) < 4.78 is 5.75. The summed E-state index contributed by atoms with van der Waals surface area (Å²) in [6.45, 7) is 6.09. The quantitative estimate of drug-likeness (QED) is 0.754. The fourth-order valence-corrected chi connectivity index (χ4v) is 3.16. The molecule has 3 rings (SSSR count). The Labute approximate surface area is 157 Å². The zero-order chi connectivity index (χ0) is 19.6. The number of nitrogens with zero attached hydrogens (tertiary/aromatic N) is 2. The summed E-state index contributed by atoms with van der Waals surface area (Å²) in [5.74, 6) is 0.988. The second-order valence-electron chi connectivity index (χ2n) is 6.80. The lowest BCUT2D eigenvalue weighted by Crippen LogP contribution is -2.32. The Kier molecular flexibility index (Phi) is 5.26. The number of carbonyl (C=O) groups is 1. The van der Waals surface area contributed by atoms with Gasteiger partial charge in [0, 0.05) is 7.05 Å². The number of ether oxygens (including phenoxy) is 1. The number of carbonyl (C=O) groups excluding carboxylic acids is 1. The number of likely N-dealkylation sites (N-methyl/N-ethyl adjacent to an activating group) is 1. The number of fused-ring (bicyclic) bond motifs is 1. The van der Waals surface area contributed by atoms with Crippen LogP contribution in [0.5, 0.6) is 5.75 Å². The second kappa shape index (κ2) is 7.61. The molecule has 1 N–H and O–H groups in total. The Morgan fingerprint density at radius 1 is 1.15 bits per heavy atom. The van der Waals surface area contributed by atoms with E-state index in [0.29, 0.717) is 16.7 Å². The Morgan fingerprint density at radius 3 is 2.52 bits per heavy atom. The second-order valence-corrected chi connectivity index (χ2v) is 6.80. The van der Waals surface area contributed by atoms with Crippen LogP contribution in [0.25, 0.3) is 10.9 Å². The molecule has 0 aliphatic carbocycles. The number of hydrogen-bond donors (Lipinski definition) is 1. The fourth-order valence-electron chi connectivity index (χ4n) is 3.16. The van der Waals surface area contributed by atoms with E-state index in [4.69, 9.17) is 4.74 Å². The van der Waals surface area contributed by atoms with Gasteiger partial charge in [0.05, 0.1) is 17.4 Å². The van der Waals surface area contributed by atoms with Gasteiger partial charge in [0.2, 0.25) is 0 Å². The molecular formula is C21H23N3O3. The third-order valence-electron chi connectivity index (χ3n) is 4.42. The van der Waals surface area contributed by atoms with Crippen molar-refractivity contribution in [1.29, 1.82) is 0 Å². The summed E-state index contributed by atoms with van der Waals surface area (Å²) in [4.78, 5) is 33.2. The highest BCUT2D eigenvalue weighted by molar-refractivity contribution is 5.78. The van der Waals surface area contributed by atoms with Crippen LogP contribution >= 0.6 is 0 Å². The smallest absolute Gasteiger partial charge is 0.260 e. The predicted octanol–water partition coefficient (Wildman–Crippen LogP) is 2.89. The molecule has 1 aromatic heterocycles. The predicted molar refractivity (Wildman–Crippen MR) is 105 cm³/mol. The van der Waals surface area contributed by atoms with Gasteiger partial charge in [-0.15, -0.1) is 0 Å². The molecule has 0 saturated carbocycles. The van der Waals surface area contributed by atoms with Crippen molar-refractivity contribution in [3.05, 3.63) is 69.3 Å². The molecule has 3 aromatic rings. The number of rotatable bonds is 5. The number of H-pyrrole nitrogens is 1. The van der Waals surface area contributed by atoms with Crippen LogP contribution in [0.4, 0.5) is 0 Å². The van der Waals surface area contributed by atoms with Crippen LogP contribution in [0.3, 0.4) is 0 Å². The third kappa shape index (κ3) is 4.16. The minimum atomic E-state index is -0.210. The number of aromatic nitrogens is 2. The summed E-state index contributed by atoms with van der Waals surface area (Å²) in [6.07, 6.45) is 0. The molecule has 0 unspecified atom stereocenters. The normalized spacial score (nSPS) is 10.8. The number of hydrogen-bond acceptors (Lipinski definition) is 4. The summed E-state index contributed by atoms with van der Waals surface area (Å²) in [6, 6.07) is 11.2. The molecule has 1 heterocycles. The van der Waals surface area contributed by atoms with Gasteiger partial charge >= 0.3 is 0 Å². The topological polar surface area (TPSA) is 75.3 Å². The lowest BCUT2D eigenvalue weighted by atomic mass is 10.1. The van der Waals surface area contributed by atoms with Gasteiger partial charge in [-0.3, -0.25) is 9.59 Å². The molecule has 2 aromatic carbocycles. The number of aromatic amines is 1. The van der Waals surface area contributed by atoms with Gasteiger partial charge in [0.25, 0.3) is 11.5 Å². The van der Waals surface area contributed by atoms with Crippen molar-refractivity contribution in [3.8, 4) is 5.75 Å². The molecular weight excluding hydrogens is 342 g/mol. The minimum absolute atomic E-state index is 0.0704. The van der Waals surface area contributed by atoms with Crippen molar-refractivity contribution in [2.45, 2.75) is 27.3 Å². The Hall–Kier alpha value is -3.15. The number of para-hydroxylation sites is 1. The summed E-state index contributed by atoms with van der Waals surface area (Å²) in [7, 11) is 1.66. The maximum Gasteiger partial charge on any atom is 0.260 e. The molecule has 140 valence electrons. The van der Waals surface area contributed by atoms with Crippen molar-refractivity contribution in [2.75, 3.05) is 13.7 Å². The van der Waals surface area contributed by atoms with Crippen LogP contribution in [0.2, 0.25) is 0 Å². The van der Waals surface area contributed by atoms with Crippen LogP contribution in [0, 0.1) is 20.8 Å². The van der Waals surface area contributed by atoms with Crippen LogP contribution in [-0.2, 0) is 11.3 Å². The van der Waals surface area contributed by atoms with Gasteiger partial charge in [0.15, 0.2) is 6.61 Å². The molecule has 6 nitrogen and oxygen atoms in total. The molecule has 0 saturated heterocycles. The van der Waals surface area contributed by atoms with Crippen molar-refractivity contribution >= 4 is 16.8 Å². The van der Waals surface area contributed by atoms with Crippen LogP contribution in [0.1, 0.15) is 22.5 Å². The molecule has 0 spiro atoms. The van der Waals surface area contributed by atoms with E-state index >= 15 is 0 Å². The molecule has 27 heavy (non-hydrogen) atoms. The molecule has 0 bridgehead atoms. The van der Waals surface area contributed by atoms with E-state index in [1.807, 2.05) is 39.0 Å². The molecule has 0 fully saturated rings. The van der Waals surface area contributed by atoms with E-state index in [-0.39, 0.29) is 24.6 Å². The summed E-state index contributed by atoms with van der Waals surface area (Å²) in [5, 5.41) is 0.531. The van der Waals surface area contributed by atoms with E-state index in [2.05, 4.69) is 9.97 Å². The molecule has 0 aliphatic heterocycles. The van der Waals surface area contributed by atoms with Gasteiger partial charge < -0.3 is 14.6 Å². The van der Waals surface area contributed by atoms with Gasteiger partial charge in [0.1, 0.15) is 11.6 Å². The first kappa shape index (κ1) is 18.6. The van der Waals surface area contributed by atoms with Crippen molar-refractivity contribution in [1.82, 2.24) is 14.9 Å². The number of amides is 1. The number of nitrogens with one attached hydrogen (secondary N) is 1. The lowest BCUT2D eigenvalue weighted by Gasteiger charge is -2.18. The first-order valence-electron chi connectivity index (χ1n) is 8.77. The molecule has 1 amide bonds. The van der Waals surface area contributed by atoms with Gasteiger partial charge in [-0.25, -0.2) is 4.98 Å². The SMILES string of the molecule is Cc1cc(C)c(OCC(=O)N(C)Cc2nc3ccccc3c(=O)[nH]2)c(C)c1. The van der Waals surface area contributed by atoms with Gasteiger partial charge in [-0.05, 0) is 44.0 Å². The van der Waals surface area contributed by atoms with Crippen LogP contribution in [0.15, 0.2) is 41.2 Å². The van der Waals surface area contributed by atoms with Crippen LogP contribution < -0.4 is 10.3 Å². The highest BCUT2D eigenvalue weighted by atomic mass is 16.5. The average Bonchev–Trinajstić information content (AvgIpc) is 2.60. The van der Waals surface area contributed by atoms with E-state index in [1.165, 1.54) is 4.90 Å². The largest absolute Gasteiger partial charge is 0.483 e. The van der Waals surface area contributed by atoms with E-state index in [1.54, 1.807) is 25.2 Å². The average molecular weight is 365 g/mol. The standard InChI is InChI=1S/C21H23N3O3/c1-13-9-14(2)20(15(3)10-13)27-12-19(25)24(4)11-18-22-17-8-6-5-7-16(17)21(26)23-18/h5-10H,11-12H2,1-4H3,(H,22,23,26). The Morgan fingerprint density at radius 2 is 1.81 bits per heavy atom. The summed E-state index contributed by atoms with van der Waals surface area (Å²) in [5.41, 5.74) is 3.57. The highest BCUT2D eigenvalue weighted by Gasteiger charge is 2.14. The molecule has 0 aliphatic rings. The minimum Gasteiger partial charge on any atom is -0.483 e. The molecule has 6 heteroatoms. The number of aryl methyl sites for hydroxylation is 3. The van der Waals surface area contributed by atoms with Crippen molar-refractivity contribution < 1.29 is 9.53 Å². The van der Waals surface area contributed by atoms with E-state index in [0.717, 1.165) is 22.4 Å². The van der Waals surface area contributed by atoms with Gasteiger partial charge in [-0.2, -0.15) is 0 Å². The van der Waals surface area contributed by atoms with Crippen molar-refractivity contribution in [3.63, 3.8) is 0 Å². The Bertz CT molecular complexity index is 1030. The lowest BCUT2D eigenvalue weighted by molar-refractivity contribution is -0.132. The number of benzene rings is 2. The third-order valence-corrected chi connectivity index (χ3v) is 4.42. The van der Waals surface area contributed by atoms with E-state index < -0.39 is 0 Å². The molecule has 0 radical (unpaired) electrons. The van der Waals surface area contributed by atoms with Crippen LogP contribution in [-0.4, -0.2) is 34.4 Å². The fraction of sp³-hybridized carbons (Fsp3) is 0.286. The molecule has 0 atom stereocenters. The highest BCUT2D eigenvalue weighted by Crippen LogP contribution is 2.24. The van der Waals surface area contributed by atoms with Crippen molar-refractivity contribution in [2.24, 2.45) is 0 Å². The van der Waals surface area contributed by atoms with E-state index in [9.17, 15) is 9.59 Å². The zero-order valence-electron chi connectivity index (χ0n) is 16.0. The maximum absolute atomic E-state index is 12.4. The first-order valence-corrected chi connectivity index (χ1v) is 8.77. The maximum atomic E-state index is 12.4. The zero-order valence-corrected chi connectivity index (χ0v) is 16.0.